The van der Waals surface area contributed by atoms with Crippen LogP contribution in [0.4, 0.5) is 0 Å². The zero-order chi connectivity index (χ0) is 20.3. The first kappa shape index (κ1) is 23.0. The quantitative estimate of drug-likeness (QED) is 0.656. The second-order valence-corrected chi connectivity index (χ2v) is 5.99. The van der Waals surface area contributed by atoms with Crippen LogP contribution in [0.15, 0.2) is 48.5 Å². The van der Waals surface area contributed by atoms with E-state index in [1.54, 1.807) is 31.2 Å². The van der Waals surface area contributed by atoms with Crippen molar-refractivity contribution >= 4 is 11.9 Å². The monoisotopic (exact) mass is 362 g/mol. The molecule has 0 aliphatic carbocycles. The van der Waals surface area contributed by atoms with Crippen molar-refractivity contribution in [3.05, 3.63) is 59.7 Å². The molecule has 6 nitrogen and oxygen atoms in total. The summed E-state index contributed by atoms with van der Waals surface area (Å²) in [4.78, 5) is 18.4. The molecule has 2 aromatic carbocycles. The van der Waals surface area contributed by atoms with Gasteiger partial charge in [-0.2, -0.15) is 0 Å². The fraction of sp³-hybridized carbons (Fsp3) is 0.300. The Kier molecular flexibility index (Phi) is 9.51. The maximum Gasteiger partial charge on any atom is 0.303 e. The third-order valence-corrected chi connectivity index (χ3v) is 3.48. The summed E-state index contributed by atoms with van der Waals surface area (Å²) in [5, 5.41) is 33.7. The van der Waals surface area contributed by atoms with Crippen molar-refractivity contribution in [1.29, 1.82) is 0 Å². The third kappa shape index (κ3) is 8.73. The van der Waals surface area contributed by atoms with Crippen molar-refractivity contribution in [3.63, 3.8) is 0 Å². The van der Waals surface area contributed by atoms with Gasteiger partial charge >= 0.3 is 5.97 Å². The average Bonchev–Trinajstić information content (AvgIpc) is 2.55. The van der Waals surface area contributed by atoms with E-state index in [1.807, 2.05) is 24.3 Å². The Morgan fingerprint density at radius 2 is 1.04 bits per heavy atom. The Morgan fingerprint density at radius 1 is 0.808 bits per heavy atom. The zero-order valence-electron chi connectivity index (χ0n) is 15.4. The first-order valence-electron chi connectivity index (χ1n) is 8.01. The minimum Gasteiger partial charge on any atom is -0.508 e. The van der Waals surface area contributed by atoms with Crippen LogP contribution in [0.2, 0.25) is 0 Å². The standard InChI is InChI=1S/C15H16O2.C3H6O2.C2H4O2/c1-15(2,11-3-7-13(16)8-4-11)12-5-9-14(17)10-6-12;1-2-3(4)5;1-2(3)4/h3-10,16-17H,1-2H3;2H2,1H3,(H,4,5);1H3,(H,3,4). The summed E-state index contributed by atoms with van der Waals surface area (Å²) in [5.74, 6) is -1.03. The molecule has 26 heavy (non-hydrogen) atoms. The number of rotatable bonds is 3. The van der Waals surface area contributed by atoms with Crippen LogP contribution in [-0.2, 0) is 15.0 Å². The van der Waals surface area contributed by atoms with Crippen LogP contribution in [0, 0.1) is 0 Å². The lowest BCUT2D eigenvalue weighted by molar-refractivity contribution is -0.137. The van der Waals surface area contributed by atoms with Crippen molar-refractivity contribution in [2.24, 2.45) is 0 Å². The van der Waals surface area contributed by atoms with Crippen molar-refractivity contribution in [2.75, 3.05) is 0 Å². The lowest BCUT2D eigenvalue weighted by atomic mass is 9.78. The third-order valence-electron chi connectivity index (χ3n) is 3.48. The molecule has 0 heterocycles. The molecule has 6 heteroatoms. The summed E-state index contributed by atoms with van der Waals surface area (Å²) in [5.41, 5.74) is 2.10. The van der Waals surface area contributed by atoms with Crippen LogP contribution in [-0.4, -0.2) is 32.4 Å². The molecule has 0 aliphatic heterocycles. The van der Waals surface area contributed by atoms with Crippen LogP contribution in [0.25, 0.3) is 0 Å². The highest BCUT2D eigenvalue weighted by Crippen LogP contribution is 2.32. The summed E-state index contributed by atoms with van der Waals surface area (Å²) in [7, 11) is 0. The number of phenols is 2. The second kappa shape index (κ2) is 10.8. The SMILES string of the molecule is CC(=O)O.CC(C)(c1ccc(O)cc1)c1ccc(O)cc1.CCC(=O)O. The van der Waals surface area contributed by atoms with Gasteiger partial charge in [-0.05, 0) is 35.4 Å². The molecule has 0 amide bonds. The Bertz CT molecular complexity index is 636. The lowest BCUT2D eigenvalue weighted by Crippen LogP contribution is -2.18. The molecule has 2 aromatic rings. The van der Waals surface area contributed by atoms with Gasteiger partial charge in [-0.25, -0.2) is 0 Å². The largest absolute Gasteiger partial charge is 0.508 e. The Morgan fingerprint density at radius 3 is 1.23 bits per heavy atom. The normalized spacial score (nSPS) is 9.85. The molecule has 0 fully saturated rings. The minimum atomic E-state index is -0.833. The fourth-order valence-corrected chi connectivity index (χ4v) is 1.92. The van der Waals surface area contributed by atoms with E-state index in [2.05, 4.69) is 13.8 Å². The Labute approximate surface area is 153 Å². The molecule has 0 atom stereocenters. The van der Waals surface area contributed by atoms with Gasteiger partial charge in [0.25, 0.3) is 5.97 Å². The number of hydrogen-bond donors (Lipinski definition) is 4. The lowest BCUT2D eigenvalue weighted by Gasteiger charge is -2.26. The first-order valence-corrected chi connectivity index (χ1v) is 8.01. The molecule has 0 radical (unpaired) electrons. The topological polar surface area (TPSA) is 115 Å². The van der Waals surface area contributed by atoms with E-state index in [9.17, 15) is 15.0 Å². The van der Waals surface area contributed by atoms with Gasteiger partial charge < -0.3 is 20.4 Å². The number of carboxylic acids is 2. The number of hydrogen-bond acceptors (Lipinski definition) is 4. The molecule has 4 N–H and O–H groups in total. The number of benzene rings is 2. The maximum absolute atomic E-state index is 9.37. The molecule has 0 spiro atoms. The van der Waals surface area contributed by atoms with E-state index in [4.69, 9.17) is 15.0 Å². The van der Waals surface area contributed by atoms with E-state index in [0.717, 1.165) is 18.1 Å². The van der Waals surface area contributed by atoms with Crippen LogP contribution in [0.1, 0.15) is 45.2 Å². The zero-order valence-corrected chi connectivity index (χ0v) is 15.4. The van der Waals surface area contributed by atoms with Gasteiger partial charge in [0.05, 0.1) is 0 Å². The van der Waals surface area contributed by atoms with Gasteiger partial charge in [0.2, 0.25) is 0 Å². The molecule has 0 aromatic heterocycles. The van der Waals surface area contributed by atoms with E-state index in [0.29, 0.717) is 0 Å². The summed E-state index contributed by atoms with van der Waals surface area (Å²) in [6.07, 6.45) is 0.222. The maximum atomic E-state index is 9.37. The van der Waals surface area contributed by atoms with Gasteiger partial charge in [-0.3, -0.25) is 9.59 Å². The van der Waals surface area contributed by atoms with Crippen molar-refractivity contribution in [2.45, 2.75) is 39.5 Å². The highest BCUT2D eigenvalue weighted by molar-refractivity contribution is 5.66. The van der Waals surface area contributed by atoms with Crippen LogP contribution in [0.3, 0.4) is 0 Å². The Balaban J connectivity index is 0.000000582. The molecule has 142 valence electrons. The van der Waals surface area contributed by atoms with Gasteiger partial charge in [0.15, 0.2) is 0 Å². The van der Waals surface area contributed by atoms with Gasteiger partial charge in [0, 0.05) is 18.8 Å². The van der Waals surface area contributed by atoms with Crippen molar-refractivity contribution < 1.29 is 30.0 Å². The predicted molar refractivity (Wildman–Crippen MR) is 99.6 cm³/mol. The van der Waals surface area contributed by atoms with Crippen LogP contribution in [0.5, 0.6) is 11.5 Å². The summed E-state index contributed by atoms with van der Waals surface area (Å²) >= 11 is 0. The number of carbonyl (C=O) groups is 2. The summed E-state index contributed by atoms with van der Waals surface area (Å²) < 4.78 is 0. The molecular formula is C20H26O6. The molecule has 0 saturated carbocycles. The number of carboxylic acid groups (broad SMARTS) is 2. The minimum absolute atomic E-state index is 0.151. The van der Waals surface area contributed by atoms with Crippen LogP contribution >= 0.6 is 0 Å². The van der Waals surface area contributed by atoms with Gasteiger partial charge in [-0.15, -0.1) is 0 Å². The van der Waals surface area contributed by atoms with Crippen LogP contribution < -0.4 is 0 Å². The fourth-order valence-electron chi connectivity index (χ4n) is 1.92. The average molecular weight is 362 g/mol. The highest BCUT2D eigenvalue weighted by Gasteiger charge is 2.22. The van der Waals surface area contributed by atoms with Gasteiger partial charge in [0.1, 0.15) is 11.5 Å². The molecule has 2 rings (SSSR count). The van der Waals surface area contributed by atoms with E-state index < -0.39 is 11.9 Å². The first-order chi connectivity index (χ1) is 12.0. The van der Waals surface area contributed by atoms with E-state index in [1.165, 1.54) is 0 Å². The number of aliphatic carboxylic acids is 2. The second-order valence-electron chi connectivity index (χ2n) is 5.99. The smallest absolute Gasteiger partial charge is 0.303 e. The molecule has 0 bridgehead atoms. The summed E-state index contributed by atoms with van der Waals surface area (Å²) in [6.45, 7) is 6.92. The van der Waals surface area contributed by atoms with Crippen molar-refractivity contribution in [1.82, 2.24) is 0 Å². The predicted octanol–water partition coefficient (Wildman–Crippen LogP) is 4.00. The molecular weight excluding hydrogens is 336 g/mol. The Hall–Kier alpha value is -3.02. The molecule has 0 unspecified atom stereocenters. The molecule has 0 aliphatic rings. The van der Waals surface area contributed by atoms with Gasteiger partial charge in [-0.1, -0.05) is 45.0 Å². The summed E-state index contributed by atoms with van der Waals surface area (Å²) in [6, 6.07) is 14.4. The highest BCUT2D eigenvalue weighted by atomic mass is 16.4. The van der Waals surface area contributed by atoms with Crippen molar-refractivity contribution in [3.8, 4) is 11.5 Å². The van der Waals surface area contributed by atoms with E-state index in [-0.39, 0.29) is 23.3 Å². The number of phenolic OH excluding ortho intramolecular Hbond substituents is 2. The molecule has 0 saturated heterocycles. The van der Waals surface area contributed by atoms with E-state index >= 15 is 0 Å². The number of aromatic hydroxyl groups is 2.